The molecule has 0 spiro atoms. The third-order valence-corrected chi connectivity index (χ3v) is 4.65. The van der Waals surface area contributed by atoms with E-state index in [9.17, 15) is 9.59 Å². The first-order valence-corrected chi connectivity index (χ1v) is 9.18. The van der Waals surface area contributed by atoms with Gasteiger partial charge in [-0.2, -0.15) is 0 Å². The molecule has 2 aromatic rings. The van der Waals surface area contributed by atoms with Crippen molar-refractivity contribution in [1.29, 1.82) is 0 Å². The van der Waals surface area contributed by atoms with Crippen molar-refractivity contribution in [2.24, 2.45) is 0 Å². The first-order chi connectivity index (χ1) is 11.8. The van der Waals surface area contributed by atoms with Crippen molar-refractivity contribution in [1.82, 2.24) is 0 Å². The lowest BCUT2D eigenvalue weighted by atomic mass is 9.82. The number of anilines is 2. The van der Waals surface area contributed by atoms with Crippen molar-refractivity contribution in [3.8, 4) is 0 Å². The molecule has 3 rings (SSSR count). The second kappa shape index (κ2) is 6.64. The van der Waals surface area contributed by atoms with Crippen molar-refractivity contribution >= 4 is 38.9 Å². The van der Waals surface area contributed by atoms with Gasteiger partial charge in [-0.25, -0.2) is 0 Å². The molecule has 0 atom stereocenters. The molecule has 4 nitrogen and oxygen atoms in total. The number of fused-ring (bicyclic) bond motifs is 2. The summed E-state index contributed by atoms with van der Waals surface area (Å²) in [7, 11) is 0. The predicted octanol–water partition coefficient (Wildman–Crippen LogP) is 4.87. The van der Waals surface area contributed by atoms with Crippen LogP contribution in [0.1, 0.15) is 59.5 Å². The molecule has 0 amide bonds. The molecule has 0 aromatic heterocycles. The highest BCUT2D eigenvalue weighted by Gasteiger charge is 2.35. The van der Waals surface area contributed by atoms with Crippen LogP contribution in [0.4, 0.5) is 11.4 Å². The second-order valence-electron chi connectivity index (χ2n) is 6.83. The van der Waals surface area contributed by atoms with E-state index in [1.165, 1.54) is 0 Å². The van der Waals surface area contributed by atoms with Crippen molar-refractivity contribution in [2.45, 2.75) is 39.8 Å². The average Bonchev–Trinajstić information content (AvgIpc) is 2.54. The molecule has 0 aliphatic heterocycles. The van der Waals surface area contributed by atoms with E-state index in [2.05, 4.69) is 26.6 Å². The van der Waals surface area contributed by atoms with E-state index in [0.29, 0.717) is 33.6 Å². The Labute approximate surface area is 156 Å². The number of hydrogen-bond acceptors (Lipinski definition) is 4. The highest BCUT2D eigenvalue weighted by atomic mass is 79.9. The Morgan fingerprint density at radius 2 is 1.36 bits per heavy atom. The normalized spacial score (nSPS) is 13.1. The number of carbonyl (C=O) groups is 2. The molecule has 5 heteroatoms. The molecule has 1 aliphatic carbocycles. The standard InChI is InChI=1S/C20H21BrN2O2/c1-10(2)22-15-9-14(21)18(23-11(3)4)17-16(15)19(24)12-7-5-6-8-13(12)20(17)25/h5-11,22-23H,1-4H3. The van der Waals surface area contributed by atoms with Crippen molar-refractivity contribution < 1.29 is 9.59 Å². The highest BCUT2D eigenvalue weighted by molar-refractivity contribution is 9.10. The molecule has 2 aromatic carbocycles. The molecule has 0 heterocycles. The van der Waals surface area contributed by atoms with Crippen LogP contribution in [0, 0.1) is 0 Å². The van der Waals surface area contributed by atoms with Gasteiger partial charge in [-0.15, -0.1) is 0 Å². The fraction of sp³-hybridized carbons (Fsp3) is 0.300. The maximum Gasteiger partial charge on any atom is 0.196 e. The summed E-state index contributed by atoms with van der Waals surface area (Å²) >= 11 is 3.57. The fourth-order valence-corrected chi connectivity index (χ4v) is 3.66. The molecule has 2 N–H and O–H groups in total. The molecule has 130 valence electrons. The van der Waals surface area contributed by atoms with Crippen LogP contribution in [-0.4, -0.2) is 23.7 Å². The zero-order valence-corrected chi connectivity index (χ0v) is 16.3. The molecule has 0 bridgehead atoms. The predicted molar refractivity (Wildman–Crippen MR) is 105 cm³/mol. The quantitative estimate of drug-likeness (QED) is 0.655. The van der Waals surface area contributed by atoms with E-state index >= 15 is 0 Å². The topological polar surface area (TPSA) is 58.2 Å². The van der Waals surface area contributed by atoms with E-state index in [-0.39, 0.29) is 23.7 Å². The van der Waals surface area contributed by atoms with Crippen LogP contribution in [-0.2, 0) is 0 Å². The van der Waals surface area contributed by atoms with Gasteiger partial charge in [0.25, 0.3) is 0 Å². The fourth-order valence-electron chi connectivity index (χ4n) is 3.12. The summed E-state index contributed by atoms with van der Waals surface area (Å²) in [6.07, 6.45) is 0. The summed E-state index contributed by atoms with van der Waals surface area (Å²) in [5.41, 5.74) is 3.16. The van der Waals surface area contributed by atoms with Crippen LogP contribution in [0.15, 0.2) is 34.8 Å². The molecular formula is C20H21BrN2O2. The first-order valence-electron chi connectivity index (χ1n) is 8.39. The van der Waals surface area contributed by atoms with Crippen LogP contribution in [0.3, 0.4) is 0 Å². The van der Waals surface area contributed by atoms with Gasteiger partial charge in [0.05, 0.1) is 16.8 Å². The Bertz CT molecular complexity index is 872. The van der Waals surface area contributed by atoms with Crippen molar-refractivity contribution in [2.75, 3.05) is 10.6 Å². The van der Waals surface area contributed by atoms with Gasteiger partial charge < -0.3 is 10.6 Å². The SMILES string of the molecule is CC(C)Nc1cc(Br)c(NC(C)C)c2c1C(=O)c1ccccc1C2=O. The third-order valence-electron chi connectivity index (χ3n) is 4.03. The molecule has 0 saturated carbocycles. The van der Waals surface area contributed by atoms with E-state index in [0.717, 1.165) is 4.47 Å². The number of carbonyl (C=O) groups excluding carboxylic acids is 2. The van der Waals surface area contributed by atoms with Gasteiger partial charge in [0.1, 0.15) is 0 Å². The summed E-state index contributed by atoms with van der Waals surface area (Å²) in [6, 6.07) is 9.16. The summed E-state index contributed by atoms with van der Waals surface area (Å²) in [4.78, 5) is 26.4. The summed E-state index contributed by atoms with van der Waals surface area (Å²) in [6.45, 7) is 8.01. The maximum absolute atomic E-state index is 13.2. The largest absolute Gasteiger partial charge is 0.382 e. The van der Waals surface area contributed by atoms with Gasteiger partial charge in [-0.1, -0.05) is 24.3 Å². The lowest BCUT2D eigenvalue weighted by molar-refractivity contribution is 0.0980. The van der Waals surface area contributed by atoms with Crippen molar-refractivity contribution in [3.63, 3.8) is 0 Å². The number of benzene rings is 2. The van der Waals surface area contributed by atoms with Crippen LogP contribution >= 0.6 is 15.9 Å². The maximum atomic E-state index is 13.2. The van der Waals surface area contributed by atoms with E-state index in [1.54, 1.807) is 24.3 Å². The number of halogens is 1. The number of ketones is 2. The van der Waals surface area contributed by atoms with Gasteiger partial charge >= 0.3 is 0 Å². The third kappa shape index (κ3) is 3.09. The number of rotatable bonds is 4. The number of hydrogen-bond donors (Lipinski definition) is 2. The Balaban J connectivity index is 2.32. The second-order valence-corrected chi connectivity index (χ2v) is 7.69. The molecule has 0 fully saturated rings. The van der Waals surface area contributed by atoms with E-state index in [1.807, 2.05) is 33.8 Å². The Kier molecular flexibility index (Phi) is 4.69. The Hall–Kier alpha value is -2.14. The smallest absolute Gasteiger partial charge is 0.196 e. The highest BCUT2D eigenvalue weighted by Crippen LogP contribution is 2.41. The molecule has 25 heavy (non-hydrogen) atoms. The molecule has 0 radical (unpaired) electrons. The van der Waals surface area contributed by atoms with Crippen LogP contribution in [0.2, 0.25) is 0 Å². The summed E-state index contributed by atoms with van der Waals surface area (Å²) in [5, 5.41) is 6.62. The first kappa shape index (κ1) is 17.7. The lowest BCUT2D eigenvalue weighted by Gasteiger charge is -2.26. The minimum Gasteiger partial charge on any atom is -0.382 e. The molecule has 1 aliphatic rings. The molecule has 0 saturated heterocycles. The Morgan fingerprint density at radius 1 is 0.840 bits per heavy atom. The van der Waals surface area contributed by atoms with Gasteiger partial charge in [0, 0.05) is 33.4 Å². The minimum atomic E-state index is -0.124. The molecular weight excluding hydrogens is 380 g/mol. The zero-order chi connectivity index (χ0) is 18.3. The van der Waals surface area contributed by atoms with Gasteiger partial charge in [0.15, 0.2) is 11.6 Å². The van der Waals surface area contributed by atoms with Crippen LogP contribution in [0.25, 0.3) is 0 Å². The Morgan fingerprint density at radius 3 is 1.88 bits per heavy atom. The van der Waals surface area contributed by atoms with Gasteiger partial charge in [-0.3, -0.25) is 9.59 Å². The van der Waals surface area contributed by atoms with Crippen molar-refractivity contribution in [3.05, 3.63) is 57.1 Å². The van der Waals surface area contributed by atoms with Gasteiger partial charge in [-0.05, 0) is 49.7 Å². The molecule has 0 unspecified atom stereocenters. The van der Waals surface area contributed by atoms with E-state index < -0.39 is 0 Å². The number of nitrogens with one attached hydrogen (secondary N) is 2. The monoisotopic (exact) mass is 400 g/mol. The van der Waals surface area contributed by atoms with Crippen LogP contribution < -0.4 is 10.6 Å². The minimum absolute atomic E-state index is 0.118. The lowest BCUT2D eigenvalue weighted by Crippen LogP contribution is -2.26. The van der Waals surface area contributed by atoms with Crippen LogP contribution in [0.5, 0.6) is 0 Å². The van der Waals surface area contributed by atoms with E-state index in [4.69, 9.17) is 0 Å². The average molecular weight is 401 g/mol. The van der Waals surface area contributed by atoms with Gasteiger partial charge in [0.2, 0.25) is 0 Å². The zero-order valence-electron chi connectivity index (χ0n) is 14.7. The summed E-state index contributed by atoms with van der Waals surface area (Å²) in [5.74, 6) is -0.242. The summed E-state index contributed by atoms with van der Waals surface area (Å²) < 4.78 is 0.767.